The third-order valence-corrected chi connectivity index (χ3v) is 6.36. The lowest BCUT2D eigenvalue weighted by atomic mass is 10.0. The highest BCUT2D eigenvalue weighted by molar-refractivity contribution is 7.07. The number of ether oxygens (including phenoxy) is 2. The molecule has 0 saturated carbocycles. The van der Waals surface area contributed by atoms with Gasteiger partial charge in [0.1, 0.15) is 6.61 Å². The zero-order chi connectivity index (χ0) is 21.4. The van der Waals surface area contributed by atoms with Crippen LogP contribution in [0, 0.1) is 0 Å². The van der Waals surface area contributed by atoms with Crippen molar-refractivity contribution in [3.8, 4) is 11.5 Å². The molecule has 1 N–H and O–H groups in total. The Hall–Kier alpha value is -3.03. The fraction of sp³-hybridized carbons (Fsp3) is 0.217. The standard InChI is InChI=1S/C23H20ClN3O3S/c1-29-22-8-14(2-5-21(22)30-11-16-12-31-13-25-16)23(28)27-7-6-20-18(10-27)17-9-15(24)3-4-19(17)26-20/h2-5,8-9,12-13,26H,6-7,10-11H2,1H3. The van der Waals surface area contributed by atoms with Gasteiger partial charge in [-0.2, -0.15) is 0 Å². The molecule has 1 aliphatic rings. The van der Waals surface area contributed by atoms with E-state index in [2.05, 4.69) is 9.97 Å². The van der Waals surface area contributed by atoms with E-state index in [4.69, 9.17) is 21.1 Å². The molecule has 0 radical (unpaired) electrons. The number of rotatable bonds is 5. The Morgan fingerprint density at radius 1 is 1.26 bits per heavy atom. The van der Waals surface area contributed by atoms with Crippen LogP contribution in [0.5, 0.6) is 11.5 Å². The molecule has 8 heteroatoms. The minimum Gasteiger partial charge on any atom is -0.493 e. The number of H-pyrrole nitrogens is 1. The number of nitrogens with zero attached hydrogens (tertiary/aromatic N) is 2. The Morgan fingerprint density at radius 3 is 2.97 bits per heavy atom. The molecule has 0 bridgehead atoms. The number of halogens is 1. The fourth-order valence-corrected chi connectivity index (χ4v) is 4.64. The molecule has 1 aliphatic heterocycles. The van der Waals surface area contributed by atoms with Crippen molar-refractivity contribution < 1.29 is 14.3 Å². The van der Waals surface area contributed by atoms with Crippen LogP contribution in [0.25, 0.3) is 10.9 Å². The number of amides is 1. The molecule has 4 aromatic rings. The number of methoxy groups -OCH3 is 1. The van der Waals surface area contributed by atoms with E-state index in [0.717, 1.165) is 28.6 Å². The summed E-state index contributed by atoms with van der Waals surface area (Å²) in [5.74, 6) is 1.07. The fourth-order valence-electron chi connectivity index (χ4n) is 3.92. The van der Waals surface area contributed by atoms with E-state index in [-0.39, 0.29) is 5.91 Å². The summed E-state index contributed by atoms with van der Waals surface area (Å²) >= 11 is 7.72. The van der Waals surface area contributed by atoms with Gasteiger partial charge in [0, 0.05) is 57.6 Å². The van der Waals surface area contributed by atoms with Gasteiger partial charge in [0.25, 0.3) is 5.91 Å². The van der Waals surface area contributed by atoms with Crippen LogP contribution in [-0.4, -0.2) is 34.4 Å². The Kier molecular flexibility index (Phi) is 5.29. The van der Waals surface area contributed by atoms with E-state index in [1.165, 1.54) is 17.0 Å². The number of aromatic nitrogens is 2. The minimum absolute atomic E-state index is 0.0358. The average Bonchev–Trinajstić information content (AvgIpc) is 3.44. The maximum atomic E-state index is 13.2. The second kappa shape index (κ2) is 8.24. The molecular formula is C23H20ClN3O3S. The quantitative estimate of drug-likeness (QED) is 0.458. The van der Waals surface area contributed by atoms with Crippen molar-refractivity contribution in [2.75, 3.05) is 13.7 Å². The van der Waals surface area contributed by atoms with Crippen LogP contribution < -0.4 is 9.47 Å². The number of carbonyl (C=O) groups excluding carboxylic acids is 1. The van der Waals surface area contributed by atoms with Crippen LogP contribution in [0.2, 0.25) is 5.02 Å². The number of thiazole rings is 1. The van der Waals surface area contributed by atoms with E-state index in [0.29, 0.717) is 41.8 Å². The number of carbonyl (C=O) groups is 1. The van der Waals surface area contributed by atoms with E-state index >= 15 is 0 Å². The smallest absolute Gasteiger partial charge is 0.254 e. The molecule has 0 atom stereocenters. The maximum absolute atomic E-state index is 13.2. The monoisotopic (exact) mass is 453 g/mol. The van der Waals surface area contributed by atoms with Gasteiger partial charge in [-0.25, -0.2) is 4.98 Å². The lowest BCUT2D eigenvalue weighted by Gasteiger charge is -2.27. The van der Waals surface area contributed by atoms with Crippen molar-refractivity contribution in [2.24, 2.45) is 0 Å². The molecule has 1 amide bonds. The van der Waals surface area contributed by atoms with Gasteiger partial charge in [0.05, 0.1) is 18.3 Å². The van der Waals surface area contributed by atoms with Crippen molar-refractivity contribution in [2.45, 2.75) is 19.6 Å². The molecule has 0 aliphatic carbocycles. The molecule has 0 spiro atoms. The summed E-state index contributed by atoms with van der Waals surface area (Å²) < 4.78 is 11.3. The Bertz CT molecular complexity index is 1250. The lowest BCUT2D eigenvalue weighted by Crippen LogP contribution is -2.35. The third-order valence-electron chi connectivity index (χ3n) is 5.49. The van der Waals surface area contributed by atoms with Crippen LogP contribution in [0.15, 0.2) is 47.3 Å². The molecule has 2 aromatic carbocycles. The van der Waals surface area contributed by atoms with Gasteiger partial charge in [0.15, 0.2) is 11.5 Å². The Labute approximate surface area is 188 Å². The second-order valence-corrected chi connectivity index (χ2v) is 8.54. The van der Waals surface area contributed by atoms with Crippen molar-refractivity contribution in [1.82, 2.24) is 14.9 Å². The third kappa shape index (κ3) is 3.86. The van der Waals surface area contributed by atoms with Gasteiger partial charge >= 0.3 is 0 Å². The first-order chi connectivity index (χ1) is 15.1. The van der Waals surface area contributed by atoms with Gasteiger partial charge in [-0.05, 0) is 36.4 Å². The summed E-state index contributed by atoms with van der Waals surface area (Å²) in [7, 11) is 1.57. The molecular weight excluding hydrogens is 434 g/mol. The van der Waals surface area contributed by atoms with Gasteiger partial charge in [-0.15, -0.1) is 11.3 Å². The summed E-state index contributed by atoms with van der Waals surface area (Å²) in [6.07, 6.45) is 0.777. The van der Waals surface area contributed by atoms with Crippen molar-refractivity contribution in [3.63, 3.8) is 0 Å². The topological polar surface area (TPSA) is 67.5 Å². The summed E-state index contributed by atoms with van der Waals surface area (Å²) in [6.45, 7) is 1.54. The normalized spacial score (nSPS) is 13.3. The van der Waals surface area contributed by atoms with Crippen LogP contribution >= 0.6 is 22.9 Å². The van der Waals surface area contributed by atoms with Crippen LogP contribution in [0.1, 0.15) is 27.3 Å². The van der Waals surface area contributed by atoms with Gasteiger partial charge in [-0.3, -0.25) is 4.79 Å². The number of aromatic amines is 1. The van der Waals surface area contributed by atoms with E-state index < -0.39 is 0 Å². The van der Waals surface area contributed by atoms with Gasteiger partial charge < -0.3 is 19.4 Å². The van der Waals surface area contributed by atoms with E-state index in [1.54, 1.807) is 30.8 Å². The number of fused-ring (bicyclic) bond motifs is 3. The highest BCUT2D eigenvalue weighted by Gasteiger charge is 2.25. The molecule has 0 saturated heterocycles. The molecule has 31 heavy (non-hydrogen) atoms. The van der Waals surface area contributed by atoms with Crippen LogP contribution in [0.4, 0.5) is 0 Å². The van der Waals surface area contributed by atoms with Gasteiger partial charge in [0.2, 0.25) is 0 Å². The zero-order valence-corrected chi connectivity index (χ0v) is 18.4. The van der Waals surface area contributed by atoms with Crippen molar-refractivity contribution in [1.29, 1.82) is 0 Å². The summed E-state index contributed by atoms with van der Waals surface area (Å²) in [6, 6.07) is 11.1. The van der Waals surface area contributed by atoms with Crippen molar-refractivity contribution in [3.05, 3.63) is 74.8 Å². The molecule has 0 fully saturated rings. The number of benzene rings is 2. The molecule has 3 heterocycles. The molecule has 2 aromatic heterocycles. The van der Waals surface area contributed by atoms with Crippen LogP contribution in [-0.2, 0) is 19.6 Å². The van der Waals surface area contributed by atoms with E-state index in [1.807, 2.05) is 28.5 Å². The summed E-state index contributed by atoms with van der Waals surface area (Å²) in [5.41, 5.74) is 6.54. The molecule has 158 valence electrons. The molecule has 0 unspecified atom stereocenters. The minimum atomic E-state index is -0.0358. The summed E-state index contributed by atoms with van der Waals surface area (Å²) in [4.78, 5) is 22.8. The first kappa shape index (κ1) is 19.9. The second-order valence-electron chi connectivity index (χ2n) is 7.38. The van der Waals surface area contributed by atoms with E-state index in [9.17, 15) is 4.79 Å². The Morgan fingerprint density at radius 2 is 2.16 bits per heavy atom. The van der Waals surface area contributed by atoms with Crippen molar-refractivity contribution >= 4 is 39.7 Å². The van der Waals surface area contributed by atoms with Gasteiger partial charge in [-0.1, -0.05) is 11.6 Å². The number of nitrogens with one attached hydrogen (secondary N) is 1. The molecule has 6 nitrogen and oxygen atoms in total. The number of hydrogen-bond donors (Lipinski definition) is 1. The number of hydrogen-bond acceptors (Lipinski definition) is 5. The van der Waals surface area contributed by atoms with Crippen LogP contribution in [0.3, 0.4) is 0 Å². The lowest BCUT2D eigenvalue weighted by molar-refractivity contribution is 0.0734. The first-order valence-corrected chi connectivity index (χ1v) is 11.2. The largest absolute Gasteiger partial charge is 0.493 e. The first-order valence-electron chi connectivity index (χ1n) is 9.88. The maximum Gasteiger partial charge on any atom is 0.254 e. The summed E-state index contributed by atoms with van der Waals surface area (Å²) in [5, 5.41) is 3.70. The zero-order valence-electron chi connectivity index (χ0n) is 16.9. The SMILES string of the molecule is COc1cc(C(=O)N2CCc3[nH]c4ccc(Cl)cc4c3C2)ccc1OCc1cscn1. The average molecular weight is 454 g/mol. The predicted molar refractivity (Wildman–Crippen MR) is 121 cm³/mol. The molecule has 5 rings (SSSR count). The Balaban J connectivity index is 1.36. The highest BCUT2D eigenvalue weighted by Crippen LogP contribution is 2.32. The highest BCUT2D eigenvalue weighted by atomic mass is 35.5. The predicted octanol–water partition coefficient (Wildman–Crippen LogP) is 5.06.